The zero-order valence-corrected chi connectivity index (χ0v) is 25.6. The van der Waals surface area contributed by atoms with E-state index in [9.17, 15) is 36.0 Å². The van der Waals surface area contributed by atoms with Crippen LogP contribution in [0.3, 0.4) is 0 Å². The van der Waals surface area contributed by atoms with E-state index >= 15 is 0 Å². The molecule has 4 aliphatic rings. The maximum absolute atomic E-state index is 11.9. The molecule has 4 bridgehead atoms. The first kappa shape index (κ1) is 33.8. The van der Waals surface area contributed by atoms with Crippen LogP contribution in [-0.4, -0.2) is 71.2 Å². The second-order valence-electron chi connectivity index (χ2n) is 13.0. The van der Waals surface area contributed by atoms with E-state index in [0.29, 0.717) is 25.7 Å². The zero-order valence-electron chi connectivity index (χ0n) is 24.0. The van der Waals surface area contributed by atoms with Gasteiger partial charge in [-0.25, -0.2) is 9.59 Å². The Morgan fingerprint density at radius 2 is 0.976 bits per heavy atom. The van der Waals surface area contributed by atoms with Gasteiger partial charge in [0.15, 0.2) is 0 Å². The first-order valence-electron chi connectivity index (χ1n) is 13.5. The van der Waals surface area contributed by atoms with Crippen molar-refractivity contribution in [3.63, 3.8) is 0 Å². The Morgan fingerprint density at radius 3 is 1.14 bits per heavy atom. The van der Waals surface area contributed by atoms with E-state index in [2.05, 4.69) is 0 Å². The molecule has 4 unspecified atom stereocenters. The molecule has 1 aromatic carbocycles. The van der Waals surface area contributed by atoms with Gasteiger partial charge >= 0.3 is 11.9 Å². The van der Waals surface area contributed by atoms with Crippen molar-refractivity contribution in [3.05, 3.63) is 35.4 Å². The molecule has 0 radical (unpaired) electrons. The Bertz CT molecular complexity index is 1380. The number of ketones is 2. The molecule has 0 heterocycles. The van der Waals surface area contributed by atoms with Gasteiger partial charge in [0.05, 0.1) is 33.5 Å². The van der Waals surface area contributed by atoms with E-state index in [-0.39, 0.29) is 45.4 Å². The topological polar surface area (TPSA) is 217 Å². The molecule has 42 heavy (non-hydrogen) atoms. The highest BCUT2D eigenvalue weighted by atomic mass is 32.2. The summed E-state index contributed by atoms with van der Waals surface area (Å²) < 4.78 is 62.0. The first-order valence-corrected chi connectivity index (χ1v) is 16.7. The number of carboxylic acids is 2. The third-order valence-electron chi connectivity index (χ3n) is 10.5. The van der Waals surface area contributed by atoms with Crippen LogP contribution in [0.5, 0.6) is 0 Å². The summed E-state index contributed by atoms with van der Waals surface area (Å²) in [6, 6.07) is 5.02. The Labute approximate surface area is 245 Å². The van der Waals surface area contributed by atoms with Gasteiger partial charge in [-0.15, -0.1) is 0 Å². The minimum Gasteiger partial charge on any atom is -0.478 e. The second-order valence-corrected chi connectivity index (χ2v) is 15.9. The van der Waals surface area contributed by atoms with Gasteiger partial charge in [-0.3, -0.25) is 18.7 Å². The lowest BCUT2D eigenvalue weighted by molar-refractivity contribution is -0.128. The normalized spacial score (nSPS) is 30.2. The van der Waals surface area contributed by atoms with Gasteiger partial charge in [0.1, 0.15) is 11.6 Å². The van der Waals surface area contributed by atoms with Crippen molar-refractivity contribution in [1.82, 2.24) is 0 Å². The van der Waals surface area contributed by atoms with Crippen LogP contribution in [0.25, 0.3) is 0 Å². The maximum atomic E-state index is 11.9. The molecular formula is C28H38O12S2. The Morgan fingerprint density at radius 1 is 0.690 bits per heavy atom. The van der Waals surface area contributed by atoms with Crippen molar-refractivity contribution < 1.29 is 55.3 Å². The van der Waals surface area contributed by atoms with Crippen molar-refractivity contribution in [2.24, 2.45) is 33.5 Å². The third kappa shape index (κ3) is 6.17. The molecule has 5 rings (SSSR count). The molecule has 0 aromatic heterocycles. The number of hydrogen-bond acceptors (Lipinski definition) is 8. The fraction of sp³-hybridized carbons (Fsp3) is 0.643. The fourth-order valence-corrected chi connectivity index (χ4v) is 10.2. The molecule has 12 nitrogen and oxygen atoms in total. The quantitative estimate of drug-likeness (QED) is 0.331. The van der Waals surface area contributed by atoms with Crippen molar-refractivity contribution in [3.8, 4) is 0 Å². The van der Waals surface area contributed by atoms with Gasteiger partial charge in [0, 0.05) is 12.8 Å². The first-order chi connectivity index (χ1) is 19.0. The van der Waals surface area contributed by atoms with Crippen LogP contribution in [0.15, 0.2) is 24.3 Å². The smallest absolute Gasteiger partial charge is 0.335 e. The van der Waals surface area contributed by atoms with Gasteiger partial charge in [0.25, 0.3) is 20.2 Å². The molecule has 4 atom stereocenters. The molecule has 0 spiro atoms. The maximum Gasteiger partial charge on any atom is 0.335 e. The highest BCUT2D eigenvalue weighted by molar-refractivity contribution is 7.86. The number of hydrogen-bond donors (Lipinski definition) is 4. The largest absolute Gasteiger partial charge is 0.478 e. The molecule has 4 aliphatic carbocycles. The van der Waals surface area contributed by atoms with E-state index in [0.717, 1.165) is 12.8 Å². The number of carboxylic acid groups (broad SMARTS) is 2. The predicted molar refractivity (Wildman–Crippen MR) is 150 cm³/mol. The number of carbonyl (C=O) groups is 4. The summed E-state index contributed by atoms with van der Waals surface area (Å²) in [5.41, 5.74) is -2.07. The molecule has 0 amide bonds. The van der Waals surface area contributed by atoms with Crippen molar-refractivity contribution in [2.75, 3.05) is 11.5 Å². The van der Waals surface area contributed by atoms with Crippen LogP contribution in [0, 0.1) is 33.5 Å². The average Bonchev–Trinajstić information content (AvgIpc) is 3.36. The third-order valence-corrected chi connectivity index (χ3v) is 12.2. The number of aromatic carboxylic acids is 2. The van der Waals surface area contributed by atoms with Gasteiger partial charge in [-0.05, 0) is 72.6 Å². The van der Waals surface area contributed by atoms with Gasteiger partial charge in [-0.1, -0.05) is 27.7 Å². The summed E-state index contributed by atoms with van der Waals surface area (Å²) in [4.78, 5) is 44.4. The Hall–Kier alpha value is -2.68. The molecule has 0 saturated heterocycles. The van der Waals surface area contributed by atoms with Gasteiger partial charge in [-0.2, -0.15) is 16.8 Å². The van der Waals surface area contributed by atoms with Crippen LogP contribution in [0.1, 0.15) is 86.9 Å². The molecular weight excluding hydrogens is 592 g/mol. The van der Waals surface area contributed by atoms with Crippen LogP contribution in [0.2, 0.25) is 0 Å². The molecule has 4 N–H and O–H groups in total. The van der Waals surface area contributed by atoms with Crippen molar-refractivity contribution in [2.45, 2.75) is 66.2 Å². The van der Waals surface area contributed by atoms with Crippen LogP contribution in [0.4, 0.5) is 0 Å². The standard InChI is InChI=1S/2C10H16O4S.C8H6O4/c2*1-9(2)7-3-4-10(9,8(11)5-7)6-15(12,13)14;9-7(10)5-1-2-6(4-3-5)8(11)12/h2*7H,3-6H2,1-2H3,(H,12,13,14);1-4H,(H,9,10)(H,11,12). The Balaban J connectivity index is 0.000000174. The summed E-state index contributed by atoms with van der Waals surface area (Å²) in [5, 5.41) is 16.9. The van der Waals surface area contributed by atoms with Crippen molar-refractivity contribution in [1.29, 1.82) is 0 Å². The number of fused-ring (bicyclic) bond motifs is 4. The van der Waals surface area contributed by atoms with Crippen LogP contribution >= 0.6 is 0 Å². The van der Waals surface area contributed by atoms with E-state index in [1.54, 1.807) is 0 Å². The fourth-order valence-electron chi connectivity index (χ4n) is 7.59. The highest BCUT2D eigenvalue weighted by Crippen LogP contribution is 2.65. The zero-order chi connectivity index (χ0) is 32.1. The second kappa shape index (κ2) is 11.1. The lowest BCUT2D eigenvalue weighted by atomic mass is 9.70. The highest BCUT2D eigenvalue weighted by Gasteiger charge is 2.66. The summed E-state index contributed by atoms with van der Waals surface area (Å²) in [6.07, 6.45) is 3.94. The number of carbonyl (C=O) groups excluding carboxylic acids is 2. The van der Waals surface area contributed by atoms with E-state index < -0.39 is 54.5 Å². The summed E-state index contributed by atoms with van der Waals surface area (Å²) >= 11 is 0. The number of Topliss-reactive ketones (excluding diaryl/α,β-unsaturated/α-hetero) is 2. The molecule has 4 fully saturated rings. The molecule has 4 saturated carbocycles. The van der Waals surface area contributed by atoms with E-state index in [4.69, 9.17) is 19.3 Å². The van der Waals surface area contributed by atoms with Gasteiger partial charge < -0.3 is 10.2 Å². The average molecular weight is 631 g/mol. The van der Waals surface area contributed by atoms with Crippen molar-refractivity contribution >= 4 is 43.7 Å². The monoisotopic (exact) mass is 630 g/mol. The lowest BCUT2D eigenvalue weighted by Crippen LogP contribution is -2.42. The summed E-state index contributed by atoms with van der Waals surface area (Å²) in [6.45, 7) is 7.78. The van der Waals surface area contributed by atoms with Crippen LogP contribution in [-0.2, 0) is 29.8 Å². The minimum atomic E-state index is -4.08. The number of rotatable bonds is 6. The Kier molecular flexibility index (Phi) is 8.94. The molecule has 1 aromatic rings. The van der Waals surface area contributed by atoms with Gasteiger partial charge in [0.2, 0.25) is 0 Å². The van der Waals surface area contributed by atoms with Crippen LogP contribution < -0.4 is 0 Å². The predicted octanol–water partition coefficient (Wildman–Crippen LogP) is 3.62. The SMILES string of the molecule is CC1(C)C2CCC1(CS(=O)(=O)O)C(=O)C2.CC1(C)C2CCC1(CS(=O)(=O)O)C(=O)C2.O=C(O)c1ccc(C(=O)O)cc1. The molecule has 14 heteroatoms. The summed E-state index contributed by atoms with van der Waals surface area (Å²) in [7, 11) is -8.15. The number of benzene rings is 1. The van der Waals surface area contributed by atoms with E-state index in [1.807, 2.05) is 27.7 Å². The lowest BCUT2D eigenvalue weighted by Gasteiger charge is -2.35. The van der Waals surface area contributed by atoms with E-state index in [1.165, 1.54) is 24.3 Å². The molecule has 0 aliphatic heterocycles. The minimum absolute atomic E-state index is 0.0152. The molecule has 234 valence electrons. The summed E-state index contributed by atoms with van der Waals surface area (Å²) in [5.74, 6) is -2.33.